The van der Waals surface area contributed by atoms with Gasteiger partial charge in [0.2, 0.25) is 0 Å². The van der Waals surface area contributed by atoms with E-state index in [2.05, 4.69) is 9.71 Å². The molecule has 5 nitrogen and oxygen atoms in total. The predicted octanol–water partition coefficient (Wildman–Crippen LogP) is 3.00. The SMILES string of the molecule is Cc1ccc(C#N)cc1S(=O)(=O)Nc1nc(C2CC2)cs1. The molecule has 108 valence electrons. The van der Waals surface area contributed by atoms with Crippen LogP contribution in [-0.4, -0.2) is 13.4 Å². The van der Waals surface area contributed by atoms with E-state index >= 15 is 0 Å². The van der Waals surface area contributed by atoms with Crippen LogP contribution in [0.5, 0.6) is 0 Å². The Labute approximate surface area is 127 Å². The third-order valence-electron chi connectivity index (χ3n) is 3.35. The number of anilines is 1. The van der Waals surface area contributed by atoms with E-state index in [-0.39, 0.29) is 4.90 Å². The van der Waals surface area contributed by atoms with Gasteiger partial charge >= 0.3 is 0 Å². The van der Waals surface area contributed by atoms with E-state index in [1.54, 1.807) is 19.1 Å². The second-order valence-electron chi connectivity index (χ2n) is 5.05. The summed E-state index contributed by atoms with van der Waals surface area (Å²) in [7, 11) is -3.72. The highest BCUT2D eigenvalue weighted by molar-refractivity contribution is 7.93. The Kier molecular flexibility index (Phi) is 3.43. The van der Waals surface area contributed by atoms with Gasteiger partial charge in [-0.25, -0.2) is 13.4 Å². The number of aromatic nitrogens is 1. The van der Waals surface area contributed by atoms with Crippen molar-refractivity contribution in [1.29, 1.82) is 5.26 Å². The highest BCUT2D eigenvalue weighted by atomic mass is 32.2. The lowest BCUT2D eigenvalue weighted by Crippen LogP contribution is -2.14. The second kappa shape index (κ2) is 5.13. The minimum Gasteiger partial charge on any atom is -0.255 e. The lowest BCUT2D eigenvalue weighted by atomic mass is 10.2. The Morgan fingerprint density at radius 2 is 2.19 bits per heavy atom. The van der Waals surface area contributed by atoms with Gasteiger partial charge in [-0.2, -0.15) is 5.26 Å². The average Bonchev–Trinajstić information content (AvgIpc) is 3.20. The molecule has 7 heteroatoms. The van der Waals surface area contributed by atoms with Gasteiger partial charge in [-0.05, 0) is 37.5 Å². The van der Waals surface area contributed by atoms with Crippen molar-refractivity contribution in [1.82, 2.24) is 4.98 Å². The van der Waals surface area contributed by atoms with Crippen molar-refractivity contribution < 1.29 is 8.42 Å². The van der Waals surface area contributed by atoms with Gasteiger partial charge in [0.1, 0.15) is 0 Å². The molecule has 2 aromatic rings. The highest BCUT2D eigenvalue weighted by Gasteiger charge is 2.27. The van der Waals surface area contributed by atoms with E-state index in [0.717, 1.165) is 18.5 Å². The molecule has 1 aromatic heterocycles. The molecule has 21 heavy (non-hydrogen) atoms. The number of nitrogens with one attached hydrogen (secondary N) is 1. The van der Waals surface area contributed by atoms with Crippen molar-refractivity contribution in [3.05, 3.63) is 40.4 Å². The molecule has 0 aliphatic heterocycles. The topological polar surface area (TPSA) is 82.8 Å². The first kappa shape index (κ1) is 14.0. The van der Waals surface area contributed by atoms with Crippen molar-refractivity contribution in [3.8, 4) is 6.07 Å². The molecule has 0 spiro atoms. The molecule has 1 heterocycles. The minimum absolute atomic E-state index is 0.115. The maximum Gasteiger partial charge on any atom is 0.263 e. The van der Waals surface area contributed by atoms with Crippen LogP contribution in [0.15, 0.2) is 28.5 Å². The zero-order valence-corrected chi connectivity index (χ0v) is 13.0. The molecule has 1 saturated carbocycles. The summed E-state index contributed by atoms with van der Waals surface area (Å²) in [6, 6.07) is 6.56. The molecule has 0 radical (unpaired) electrons. The van der Waals surface area contributed by atoms with Gasteiger partial charge in [-0.1, -0.05) is 6.07 Å². The van der Waals surface area contributed by atoms with Gasteiger partial charge in [-0.15, -0.1) is 11.3 Å². The summed E-state index contributed by atoms with van der Waals surface area (Å²) in [6.45, 7) is 1.70. The average molecular weight is 319 g/mol. The largest absolute Gasteiger partial charge is 0.263 e. The quantitative estimate of drug-likeness (QED) is 0.939. The molecule has 0 amide bonds. The molecule has 1 aliphatic carbocycles. The molecule has 0 unspecified atom stereocenters. The Bertz CT molecular complexity index is 830. The van der Waals surface area contributed by atoms with Crippen molar-refractivity contribution in [2.75, 3.05) is 4.72 Å². The fourth-order valence-corrected chi connectivity index (χ4v) is 4.35. The first-order valence-electron chi connectivity index (χ1n) is 6.48. The molecule has 1 fully saturated rings. The smallest absolute Gasteiger partial charge is 0.255 e. The number of hydrogen-bond donors (Lipinski definition) is 1. The first-order chi connectivity index (χ1) is 9.99. The van der Waals surface area contributed by atoms with Crippen LogP contribution in [0.25, 0.3) is 0 Å². The number of hydrogen-bond acceptors (Lipinski definition) is 5. The Morgan fingerprint density at radius 3 is 2.86 bits per heavy atom. The Morgan fingerprint density at radius 1 is 1.43 bits per heavy atom. The molecule has 3 rings (SSSR count). The van der Waals surface area contributed by atoms with Crippen LogP contribution >= 0.6 is 11.3 Å². The zero-order valence-electron chi connectivity index (χ0n) is 11.3. The van der Waals surface area contributed by atoms with Gasteiger partial charge < -0.3 is 0 Å². The monoisotopic (exact) mass is 319 g/mol. The predicted molar refractivity (Wildman–Crippen MR) is 80.8 cm³/mol. The summed E-state index contributed by atoms with van der Waals surface area (Å²) in [5.41, 5.74) is 1.87. The van der Waals surface area contributed by atoms with Crippen LogP contribution in [-0.2, 0) is 10.0 Å². The Balaban J connectivity index is 1.90. The van der Waals surface area contributed by atoms with E-state index < -0.39 is 10.0 Å². The standard InChI is InChI=1S/C14H13N3O2S2/c1-9-2-3-10(7-15)6-13(9)21(18,19)17-14-16-12(8-20-14)11-4-5-11/h2-3,6,8,11H,4-5H2,1H3,(H,16,17). The highest BCUT2D eigenvalue weighted by Crippen LogP contribution is 2.41. The van der Waals surface area contributed by atoms with E-state index in [0.29, 0.717) is 22.2 Å². The molecular weight excluding hydrogens is 306 g/mol. The second-order valence-corrected chi connectivity index (χ2v) is 7.56. The summed E-state index contributed by atoms with van der Waals surface area (Å²) in [5.74, 6) is 0.489. The summed E-state index contributed by atoms with van der Waals surface area (Å²) in [4.78, 5) is 4.43. The normalized spacial score (nSPS) is 14.7. The summed E-state index contributed by atoms with van der Waals surface area (Å²) >= 11 is 1.29. The number of nitrogens with zero attached hydrogens (tertiary/aromatic N) is 2. The molecule has 0 saturated heterocycles. The van der Waals surface area contributed by atoms with Crippen LogP contribution in [0.4, 0.5) is 5.13 Å². The van der Waals surface area contributed by atoms with Gasteiger partial charge in [-0.3, -0.25) is 4.72 Å². The molecule has 0 atom stereocenters. The van der Waals surface area contributed by atoms with Gasteiger partial charge in [0.05, 0.1) is 22.2 Å². The van der Waals surface area contributed by atoms with E-state index in [1.165, 1.54) is 17.4 Å². The zero-order chi connectivity index (χ0) is 15.0. The van der Waals surface area contributed by atoms with E-state index in [1.807, 2.05) is 11.4 Å². The van der Waals surface area contributed by atoms with Crippen LogP contribution in [0.1, 0.15) is 35.6 Å². The summed E-state index contributed by atoms with van der Waals surface area (Å²) in [6.07, 6.45) is 2.25. The number of aryl methyl sites for hydroxylation is 1. The summed E-state index contributed by atoms with van der Waals surface area (Å²) < 4.78 is 27.4. The van der Waals surface area contributed by atoms with E-state index in [4.69, 9.17) is 5.26 Å². The van der Waals surface area contributed by atoms with Gasteiger partial charge in [0, 0.05) is 11.3 Å². The molecule has 1 aliphatic rings. The van der Waals surface area contributed by atoms with Crippen molar-refractivity contribution in [2.45, 2.75) is 30.6 Å². The fourth-order valence-electron chi connectivity index (χ4n) is 2.03. The summed E-state index contributed by atoms with van der Waals surface area (Å²) in [5, 5.41) is 11.2. The van der Waals surface area contributed by atoms with Crippen LogP contribution in [0, 0.1) is 18.3 Å². The third-order valence-corrected chi connectivity index (χ3v) is 5.73. The van der Waals surface area contributed by atoms with E-state index in [9.17, 15) is 8.42 Å². The van der Waals surface area contributed by atoms with Crippen molar-refractivity contribution in [3.63, 3.8) is 0 Å². The van der Waals surface area contributed by atoms with Gasteiger partial charge in [0.15, 0.2) is 5.13 Å². The minimum atomic E-state index is -3.72. The number of rotatable bonds is 4. The van der Waals surface area contributed by atoms with Crippen LogP contribution in [0.2, 0.25) is 0 Å². The van der Waals surface area contributed by atoms with Crippen molar-refractivity contribution >= 4 is 26.5 Å². The lowest BCUT2D eigenvalue weighted by molar-refractivity contribution is 0.600. The maximum absolute atomic E-state index is 12.4. The maximum atomic E-state index is 12.4. The fraction of sp³-hybridized carbons (Fsp3) is 0.286. The molecule has 0 bridgehead atoms. The van der Waals surface area contributed by atoms with Crippen molar-refractivity contribution in [2.24, 2.45) is 0 Å². The molecular formula is C14H13N3O2S2. The third kappa shape index (κ3) is 2.91. The lowest BCUT2D eigenvalue weighted by Gasteiger charge is -2.08. The number of nitriles is 1. The Hall–Kier alpha value is -1.91. The number of sulfonamides is 1. The number of benzene rings is 1. The molecule has 1 N–H and O–H groups in total. The first-order valence-corrected chi connectivity index (χ1v) is 8.85. The number of thiazole rings is 1. The molecule has 1 aromatic carbocycles. The van der Waals surface area contributed by atoms with Crippen LogP contribution < -0.4 is 4.72 Å². The van der Waals surface area contributed by atoms with Crippen LogP contribution in [0.3, 0.4) is 0 Å². The van der Waals surface area contributed by atoms with Gasteiger partial charge in [0.25, 0.3) is 10.0 Å².